The summed E-state index contributed by atoms with van der Waals surface area (Å²) in [6, 6.07) is 0.798. The van der Waals surface area contributed by atoms with E-state index in [2.05, 4.69) is 4.90 Å². The maximum atomic E-state index is 11.1. The van der Waals surface area contributed by atoms with E-state index in [4.69, 9.17) is 5.11 Å². The van der Waals surface area contributed by atoms with Crippen LogP contribution in [-0.4, -0.2) is 59.6 Å². The van der Waals surface area contributed by atoms with Gasteiger partial charge in [-0.15, -0.1) is 0 Å². The second-order valence-electron chi connectivity index (χ2n) is 3.81. The molecule has 0 aromatic rings. The van der Waals surface area contributed by atoms with Gasteiger partial charge in [-0.05, 0) is 12.8 Å². The normalized spacial score (nSPS) is 24.8. The van der Waals surface area contributed by atoms with E-state index in [1.54, 1.807) is 4.90 Å². The number of hydrogen-bond acceptors (Lipinski definition) is 3. The summed E-state index contributed by atoms with van der Waals surface area (Å²) in [6.07, 6.45) is 2.65. The number of aliphatic hydroxyl groups excluding tert-OH is 1. The maximum Gasteiger partial charge on any atom is 0.248 e. The Morgan fingerprint density at radius 3 is 2.31 bits per heavy atom. The predicted octanol–water partition coefficient (Wildman–Crippen LogP) is -0.715. The molecule has 1 amide bonds. The molecule has 1 aliphatic heterocycles. The number of carbonyl (C=O) groups excluding carboxylic acids is 1. The van der Waals surface area contributed by atoms with Crippen molar-refractivity contribution in [1.29, 1.82) is 0 Å². The lowest BCUT2D eigenvalue weighted by Gasteiger charge is -2.34. The highest BCUT2D eigenvalue weighted by molar-refractivity contribution is 5.77. The molecule has 4 heteroatoms. The molecule has 0 atom stereocenters. The number of amides is 1. The van der Waals surface area contributed by atoms with Crippen LogP contribution in [0.1, 0.15) is 12.8 Å². The predicted molar refractivity (Wildman–Crippen MR) is 48.3 cm³/mol. The Morgan fingerprint density at radius 1 is 1.23 bits per heavy atom. The lowest BCUT2D eigenvalue weighted by Crippen LogP contribution is -2.50. The molecule has 0 spiro atoms. The van der Waals surface area contributed by atoms with Crippen molar-refractivity contribution in [2.75, 3.05) is 32.8 Å². The molecule has 4 nitrogen and oxygen atoms in total. The van der Waals surface area contributed by atoms with E-state index in [0.717, 1.165) is 32.2 Å². The molecule has 1 heterocycles. The summed E-state index contributed by atoms with van der Waals surface area (Å²) >= 11 is 0. The van der Waals surface area contributed by atoms with Crippen LogP contribution < -0.4 is 0 Å². The highest BCUT2D eigenvalue weighted by Gasteiger charge is 2.31. The Bertz CT molecular complexity index is 196. The lowest BCUT2D eigenvalue weighted by atomic mass is 10.3. The van der Waals surface area contributed by atoms with Crippen molar-refractivity contribution in [3.05, 3.63) is 0 Å². The second-order valence-corrected chi connectivity index (χ2v) is 3.81. The molecule has 1 saturated heterocycles. The monoisotopic (exact) mass is 184 g/mol. The van der Waals surface area contributed by atoms with Gasteiger partial charge in [0.15, 0.2) is 0 Å². The molecule has 1 aliphatic carbocycles. The summed E-state index contributed by atoms with van der Waals surface area (Å²) in [5.41, 5.74) is 0. The Kier molecular flexibility index (Phi) is 2.51. The minimum atomic E-state index is -0.344. The first-order chi connectivity index (χ1) is 6.31. The van der Waals surface area contributed by atoms with Gasteiger partial charge in [-0.3, -0.25) is 9.69 Å². The van der Waals surface area contributed by atoms with E-state index in [9.17, 15) is 4.79 Å². The summed E-state index contributed by atoms with van der Waals surface area (Å²) in [5, 5.41) is 8.67. The van der Waals surface area contributed by atoms with Gasteiger partial charge in [-0.25, -0.2) is 0 Å². The average molecular weight is 184 g/mol. The topological polar surface area (TPSA) is 43.8 Å². The molecule has 0 bridgehead atoms. The van der Waals surface area contributed by atoms with Crippen LogP contribution in [0.25, 0.3) is 0 Å². The number of carbonyl (C=O) groups is 1. The number of nitrogens with zero attached hydrogens (tertiary/aromatic N) is 2. The van der Waals surface area contributed by atoms with Crippen LogP contribution in [0.5, 0.6) is 0 Å². The number of aliphatic hydroxyl groups is 1. The van der Waals surface area contributed by atoms with Gasteiger partial charge >= 0.3 is 0 Å². The standard InChI is InChI=1S/C9H16N2O2/c12-7-9(13)11-5-3-10(4-6-11)8-1-2-8/h8,12H,1-7H2. The molecule has 0 aromatic carbocycles. The van der Waals surface area contributed by atoms with Gasteiger partial charge in [0.2, 0.25) is 5.91 Å². The number of rotatable bonds is 2. The first kappa shape index (κ1) is 8.97. The number of hydrogen-bond donors (Lipinski definition) is 1. The second kappa shape index (κ2) is 3.64. The van der Waals surface area contributed by atoms with Crippen LogP contribution in [0.2, 0.25) is 0 Å². The van der Waals surface area contributed by atoms with E-state index < -0.39 is 0 Å². The van der Waals surface area contributed by atoms with E-state index >= 15 is 0 Å². The molecular weight excluding hydrogens is 168 g/mol. The molecular formula is C9H16N2O2. The smallest absolute Gasteiger partial charge is 0.248 e. The third kappa shape index (κ3) is 2.00. The summed E-state index contributed by atoms with van der Waals surface area (Å²) < 4.78 is 0. The molecule has 74 valence electrons. The van der Waals surface area contributed by atoms with Gasteiger partial charge in [-0.1, -0.05) is 0 Å². The van der Waals surface area contributed by atoms with Gasteiger partial charge in [0.1, 0.15) is 6.61 Å². The fraction of sp³-hybridized carbons (Fsp3) is 0.889. The molecule has 1 saturated carbocycles. The largest absolute Gasteiger partial charge is 0.387 e. The lowest BCUT2D eigenvalue weighted by molar-refractivity contribution is -0.136. The molecule has 2 rings (SSSR count). The molecule has 0 aromatic heterocycles. The van der Waals surface area contributed by atoms with Crippen molar-refractivity contribution in [3.63, 3.8) is 0 Å². The zero-order valence-corrected chi connectivity index (χ0v) is 7.78. The Hall–Kier alpha value is -0.610. The highest BCUT2D eigenvalue weighted by atomic mass is 16.3. The average Bonchev–Trinajstić information content (AvgIpc) is 3.00. The van der Waals surface area contributed by atoms with Crippen LogP contribution in [0.15, 0.2) is 0 Å². The molecule has 0 radical (unpaired) electrons. The fourth-order valence-corrected chi connectivity index (χ4v) is 1.88. The zero-order valence-electron chi connectivity index (χ0n) is 7.78. The van der Waals surface area contributed by atoms with Crippen LogP contribution in [0, 0.1) is 0 Å². The first-order valence-electron chi connectivity index (χ1n) is 4.94. The van der Waals surface area contributed by atoms with Gasteiger partial charge in [0.05, 0.1) is 0 Å². The van der Waals surface area contributed by atoms with E-state index in [0.29, 0.717) is 0 Å². The van der Waals surface area contributed by atoms with Gasteiger partial charge in [0.25, 0.3) is 0 Å². The Balaban J connectivity index is 1.78. The summed E-state index contributed by atoms with van der Waals surface area (Å²) in [7, 11) is 0. The van der Waals surface area contributed by atoms with Crippen molar-refractivity contribution in [2.45, 2.75) is 18.9 Å². The van der Waals surface area contributed by atoms with Crippen LogP contribution in [0.4, 0.5) is 0 Å². The van der Waals surface area contributed by atoms with Crippen molar-refractivity contribution in [2.24, 2.45) is 0 Å². The highest BCUT2D eigenvalue weighted by Crippen LogP contribution is 2.27. The fourth-order valence-electron chi connectivity index (χ4n) is 1.88. The third-order valence-corrected chi connectivity index (χ3v) is 2.87. The van der Waals surface area contributed by atoms with Gasteiger partial charge in [0, 0.05) is 32.2 Å². The Labute approximate surface area is 78.1 Å². The minimum Gasteiger partial charge on any atom is -0.387 e. The van der Waals surface area contributed by atoms with Crippen molar-refractivity contribution in [1.82, 2.24) is 9.80 Å². The Morgan fingerprint density at radius 2 is 1.85 bits per heavy atom. The summed E-state index contributed by atoms with van der Waals surface area (Å²) in [5.74, 6) is -0.129. The SMILES string of the molecule is O=C(CO)N1CCN(C2CC2)CC1. The van der Waals surface area contributed by atoms with E-state index in [1.807, 2.05) is 0 Å². The first-order valence-corrected chi connectivity index (χ1v) is 4.94. The molecule has 2 aliphatic rings. The van der Waals surface area contributed by atoms with Crippen LogP contribution >= 0.6 is 0 Å². The van der Waals surface area contributed by atoms with Crippen LogP contribution in [-0.2, 0) is 4.79 Å². The molecule has 13 heavy (non-hydrogen) atoms. The maximum absolute atomic E-state index is 11.1. The quantitative estimate of drug-likeness (QED) is 0.616. The van der Waals surface area contributed by atoms with Crippen molar-refractivity contribution in [3.8, 4) is 0 Å². The van der Waals surface area contributed by atoms with E-state index in [1.165, 1.54) is 12.8 Å². The van der Waals surface area contributed by atoms with Crippen LogP contribution in [0.3, 0.4) is 0 Å². The minimum absolute atomic E-state index is 0.129. The van der Waals surface area contributed by atoms with Crippen molar-refractivity contribution >= 4 is 5.91 Å². The van der Waals surface area contributed by atoms with Gasteiger partial charge < -0.3 is 10.0 Å². The molecule has 2 fully saturated rings. The van der Waals surface area contributed by atoms with E-state index in [-0.39, 0.29) is 12.5 Å². The van der Waals surface area contributed by atoms with Gasteiger partial charge in [-0.2, -0.15) is 0 Å². The third-order valence-electron chi connectivity index (χ3n) is 2.87. The summed E-state index contributed by atoms with van der Waals surface area (Å²) in [6.45, 7) is 3.20. The molecule has 0 unspecified atom stereocenters. The summed E-state index contributed by atoms with van der Waals surface area (Å²) in [4.78, 5) is 15.3. The zero-order chi connectivity index (χ0) is 9.26. The molecule has 1 N–H and O–H groups in total. The van der Waals surface area contributed by atoms with Crippen molar-refractivity contribution < 1.29 is 9.90 Å². The number of piperazine rings is 1.